The van der Waals surface area contributed by atoms with E-state index in [1.807, 2.05) is 0 Å². The molecule has 0 aliphatic rings. The Morgan fingerprint density at radius 1 is 1.31 bits per heavy atom. The van der Waals surface area contributed by atoms with Gasteiger partial charge in [0.05, 0.1) is 24.7 Å². The van der Waals surface area contributed by atoms with Gasteiger partial charge in [-0.15, -0.1) is 0 Å². The van der Waals surface area contributed by atoms with Crippen molar-refractivity contribution in [2.24, 2.45) is 0 Å². The topological polar surface area (TPSA) is 49.2 Å². The molecular weight excluding hydrogens is 223 g/mol. The lowest BCUT2D eigenvalue weighted by Gasteiger charge is -2.22. The Labute approximate surface area is 90.7 Å². The molecule has 0 aromatic carbocycles. The maximum atomic E-state index is 12.2. The Kier molecular flexibility index (Phi) is 4.05. The van der Waals surface area contributed by atoms with E-state index < -0.39 is 12.7 Å². The summed E-state index contributed by atoms with van der Waals surface area (Å²) in [5, 5.41) is 8.71. The molecule has 16 heavy (non-hydrogen) atoms. The quantitative estimate of drug-likeness (QED) is 0.856. The molecule has 1 rings (SSSR count). The van der Waals surface area contributed by atoms with Crippen LogP contribution in [-0.2, 0) is 6.61 Å². The molecule has 0 bridgehead atoms. The third-order valence-electron chi connectivity index (χ3n) is 1.93. The van der Waals surface area contributed by atoms with Crippen molar-refractivity contribution in [3.63, 3.8) is 0 Å². The van der Waals surface area contributed by atoms with Crippen LogP contribution in [0.1, 0.15) is 12.6 Å². The molecule has 1 aromatic rings. The van der Waals surface area contributed by atoms with E-state index in [-0.39, 0.29) is 19.0 Å². The zero-order valence-electron chi connectivity index (χ0n) is 8.70. The Hall–Kier alpha value is -1.37. The summed E-state index contributed by atoms with van der Waals surface area (Å²) in [5.41, 5.74) is 0.326. The minimum Gasteiger partial charge on any atom is -0.390 e. The second-order valence-corrected chi connectivity index (χ2v) is 3.15. The molecule has 0 aliphatic heterocycles. The van der Waals surface area contributed by atoms with Gasteiger partial charge in [-0.25, -0.2) is 4.98 Å². The summed E-state index contributed by atoms with van der Waals surface area (Å²) < 4.78 is 36.6. The first kappa shape index (κ1) is 12.7. The highest BCUT2D eigenvalue weighted by Crippen LogP contribution is 2.19. The number of aliphatic hydroxyl groups excluding tert-OH is 1. The van der Waals surface area contributed by atoms with Crippen LogP contribution in [0.25, 0.3) is 0 Å². The van der Waals surface area contributed by atoms with E-state index in [2.05, 4.69) is 9.97 Å². The number of anilines is 1. The molecule has 0 spiro atoms. The van der Waals surface area contributed by atoms with Crippen molar-refractivity contribution in [2.75, 3.05) is 18.0 Å². The van der Waals surface area contributed by atoms with Crippen LogP contribution in [0.15, 0.2) is 12.4 Å². The Balaban J connectivity index is 2.79. The van der Waals surface area contributed by atoms with E-state index in [0.29, 0.717) is 5.69 Å². The van der Waals surface area contributed by atoms with Crippen LogP contribution in [-0.4, -0.2) is 34.3 Å². The average molecular weight is 235 g/mol. The van der Waals surface area contributed by atoms with Crippen molar-refractivity contribution < 1.29 is 18.3 Å². The van der Waals surface area contributed by atoms with Crippen molar-refractivity contribution in [2.45, 2.75) is 19.7 Å². The van der Waals surface area contributed by atoms with Gasteiger partial charge in [0.25, 0.3) is 0 Å². The van der Waals surface area contributed by atoms with Gasteiger partial charge in [0.15, 0.2) is 0 Å². The van der Waals surface area contributed by atoms with Gasteiger partial charge in [-0.2, -0.15) is 13.2 Å². The smallest absolute Gasteiger partial charge is 0.390 e. The molecule has 90 valence electrons. The van der Waals surface area contributed by atoms with Crippen molar-refractivity contribution >= 4 is 5.82 Å². The molecule has 7 heteroatoms. The summed E-state index contributed by atoms with van der Waals surface area (Å²) in [5.74, 6) is 0.150. The van der Waals surface area contributed by atoms with Crippen LogP contribution in [0.4, 0.5) is 19.0 Å². The number of rotatable bonds is 4. The summed E-state index contributed by atoms with van der Waals surface area (Å²) in [6.07, 6.45) is -1.79. The monoisotopic (exact) mass is 235 g/mol. The predicted octanol–water partition coefficient (Wildman–Crippen LogP) is 1.36. The van der Waals surface area contributed by atoms with Crippen LogP contribution in [0.5, 0.6) is 0 Å². The van der Waals surface area contributed by atoms with Gasteiger partial charge in [-0.05, 0) is 6.92 Å². The maximum absolute atomic E-state index is 12.2. The number of aromatic nitrogens is 2. The van der Waals surface area contributed by atoms with Gasteiger partial charge >= 0.3 is 6.18 Å². The van der Waals surface area contributed by atoms with Crippen LogP contribution in [0.3, 0.4) is 0 Å². The van der Waals surface area contributed by atoms with Gasteiger partial charge in [0, 0.05) is 6.54 Å². The highest BCUT2D eigenvalue weighted by atomic mass is 19.4. The Bertz CT molecular complexity index is 326. The highest BCUT2D eigenvalue weighted by molar-refractivity contribution is 5.35. The fourth-order valence-electron chi connectivity index (χ4n) is 1.16. The van der Waals surface area contributed by atoms with Crippen LogP contribution in [0.2, 0.25) is 0 Å². The van der Waals surface area contributed by atoms with E-state index in [9.17, 15) is 13.2 Å². The molecule has 0 aliphatic carbocycles. The number of hydrogen-bond acceptors (Lipinski definition) is 4. The van der Waals surface area contributed by atoms with Crippen molar-refractivity contribution in [3.05, 3.63) is 18.1 Å². The number of halogens is 3. The molecule has 0 saturated carbocycles. The van der Waals surface area contributed by atoms with E-state index in [0.717, 1.165) is 4.90 Å². The predicted molar refractivity (Wildman–Crippen MR) is 51.9 cm³/mol. The minimum atomic E-state index is -4.27. The minimum absolute atomic E-state index is 0.150. The lowest BCUT2D eigenvalue weighted by Crippen LogP contribution is -2.34. The molecule has 0 radical (unpaired) electrons. The first-order valence-electron chi connectivity index (χ1n) is 4.69. The molecule has 0 amide bonds. The van der Waals surface area contributed by atoms with Crippen molar-refractivity contribution in [3.8, 4) is 0 Å². The van der Waals surface area contributed by atoms with E-state index in [1.54, 1.807) is 6.92 Å². The van der Waals surface area contributed by atoms with Crippen LogP contribution < -0.4 is 4.90 Å². The molecule has 4 nitrogen and oxygen atoms in total. The fourth-order valence-corrected chi connectivity index (χ4v) is 1.16. The molecule has 0 unspecified atom stereocenters. The SMILES string of the molecule is CCN(CC(F)(F)F)c1cnc(CO)cn1. The van der Waals surface area contributed by atoms with Crippen molar-refractivity contribution in [1.29, 1.82) is 0 Å². The summed E-state index contributed by atoms with van der Waals surface area (Å²) in [4.78, 5) is 8.65. The molecule has 0 fully saturated rings. The molecule has 1 aromatic heterocycles. The number of aliphatic hydroxyl groups is 1. The Morgan fingerprint density at radius 2 is 2.00 bits per heavy atom. The molecule has 0 saturated heterocycles. The zero-order chi connectivity index (χ0) is 12.2. The van der Waals surface area contributed by atoms with Crippen LogP contribution in [0, 0.1) is 0 Å². The van der Waals surface area contributed by atoms with E-state index in [4.69, 9.17) is 5.11 Å². The van der Waals surface area contributed by atoms with Gasteiger partial charge in [0.1, 0.15) is 12.4 Å². The second-order valence-electron chi connectivity index (χ2n) is 3.15. The highest BCUT2D eigenvalue weighted by Gasteiger charge is 2.30. The van der Waals surface area contributed by atoms with Crippen LogP contribution >= 0.6 is 0 Å². The lowest BCUT2D eigenvalue weighted by molar-refractivity contribution is -0.119. The number of hydrogen-bond donors (Lipinski definition) is 1. The van der Waals surface area contributed by atoms with Gasteiger partial charge in [0.2, 0.25) is 0 Å². The summed E-state index contributed by atoms with van der Waals surface area (Å²) in [6, 6.07) is 0. The molecule has 0 atom stereocenters. The number of alkyl halides is 3. The largest absolute Gasteiger partial charge is 0.405 e. The third-order valence-corrected chi connectivity index (χ3v) is 1.93. The van der Waals surface area contributed by atoms with Gasteiger partial charge < -0.3 is 10.0 Å². The number of nitrogens with zero attached hydrogens (tertiary/aromatic N) is 3. The fraction of sp³-hybridized carbons (Fsp3) is 0.556. The average Bonchev–Trinajstić information content (AvgIpc) is 2.25. The normalized spacial score (nSPS) is 11.6. The standard InChI is InChI=1S/C9H12F3N3O/c1-2-15(6-9(10,11)12)8-4-13-7(5-16)3-14-8/h3-4,16H,2,5-6H2,1H3. The second kappa shape index (κ2) is 5.11. The summed E-state index contributed by atoms with van der Waals surface area (Å²) >= 11 is 0. The molecule has 1 heterocycles. The van der Waals surface area contributed by atoms with Gasteiger partial charge in [-0.3, -0.25) is 4.98 Å². The Morgan fingerprint density at radius 3 is 2.38 bits per heavy atom. The zero-order valence-corrected chi connectivity index (χ0v) is 8.70. The molecule has 1 N–H and O–H groups in total. The first-order chi connectivity index (χ1) is 7.46. The van der Waals surface area contributed by atoms with E-state index in [1.165, 1.54) is 12.4 Å². The van der Waals surface area contributed by atoms with E-state index >= 15 is 0 Å². The first-order valence-corrected chi connectivity index (χ1v) is 4.69. The molecular formula is C9H12F3N3O. The van der Waals surface area contributed by atoms with Gasteiger partial charge in [-0.1, -0.05) is 0 Å². The maximum Gasteiger partial charge on any atom is 0.405 e. The lowest BCUT2D eigenvalue weighted by atomic mass is 10.4. The van der Waals surface area contributed by atoms with Crippen molar-refractivity contribution in [1.82, 2.24) is 9.97 Å². The summed E-state index contributed by atoms with van der Waals surface area (Å²) in [7, 11) is 0. The summed E-state index contributed by atoms with van der Waals surface area (Å²) in [6.45, 7) is 0.454. The third kappa shape index (κ3) is 3.65.